The van der Waals surface area contributed by atoms with Crippen molar-refractivity contribution in [1.29, 1.82) is 0 Å². The zero-order valence-electron chi connectivity index (χ0n) is 13.7. The van der Waals surface area contributed by atoms with Crippen LogP contribution >= 0.6 is 0 Å². The number of carboxylic acid groups (broad SMARTS) is 1. The number of amides is 1. The Kier molecular flexibility index (Phi) is 6.46. The molecule has 1 aromatic carbocycles. The first kappa shape index (κ1) is 19.1. The van der Waals surface area contributed by atoms with Crippen LogP contribution in [0.5, 0.6) is 0 Å². The lowest BCUT2D eigenvalue weighted by molar-refractivity contribution is -0.496. The monoisotopic (exact) mass is 336 g/mol. The summed E-state index contributed by atoms with van der Waals surface area (Å²) in [6, 6.07) is 4.49. The van der Waals surface area contributed by atoms with Gasteiger partial charge in [0.15, 0.2) is 0 Å². The molecule has 0 aliphatic heterocycles. The van der Waals surface area contributed by atoms with E-state index in [1.165, 1.54) is 18.2 Å². The zero-order valence-corrected chi connectivity index (χ0v) is 13.7. The fourth-order valence-corrected chi connectivity index (χ4v) is 1.93. The summed E-state index contributed by atoms with van der Waals surface area (Å²) in [5, 5.41) is 22.4. The molecule has 0 aliphatic carbocycles. The molecule has 8 heteroatoms. The number of benzene rings is 1. The van der Waals surface area contributed by atoms with Gasteiger partial charge in [0.05, 0.1) is 5.56 Å². The molecule has 8 nitrogen and oxygen atoms in total. The second kappa shape index (κ2) is 8.09. The molecule has 1 amide bonds. The fourth-order valence-electron chi connectivity index (χ4n) is 1.93. The van der Waals surface area contributed by atoms with E-state index >= 15 is 0 Å². The number of nitro groups is 1. The van der Waals surface area contributed by atoms with Crippen molar-refractivity contribution in [3.63, 3.8) is 0 Å². The molecule has 0 radical (unpaired) electrons. The number of carboxylic acids is 1. The summed E-state index contributed by atoms with van der Waals surface area (Å²) in [4.78, 5) is 32.9. The van der Waals surface area contributed by atoms with E-state index in [-0.39, 0.29) is 17.7 Å². The van der Waals surface area contributed by atoms with E-state index < -0.39 is 29.1 Å². The van der Waals surface area contributed by atoms with Gasteiger partial charge in [0.2, 0.25) is 6.54 Å². The van der Waals surface area contributed by atoms with Gasteiger partial charge in [-0.05, 0) is 26.3 Å². The molecule has 0 aromatic heterocycles. The second-order valence-electron chi connectivity index (χ2n) is 5.96. The van der Waals surface area contributed by atoms with Crippen molar-refractivity contribution in [3.8, 4) is 0 Å². The van der Waals surface area contributed by atoms with Gasteiger partial charge in [0.25, 0.3) is 0 Å². The van der Waals surface area contributed by atoms with E-state index in [1.807, 2.05) is 0 Å². The number of carbonyl (C=O) groups is 2. The molecule has 0 bridgehead atoms. The summed E-state index contributed by atoms with van der Waals surface area (Å²) in [7, 11) is 0. The van der Waals surface area contributed by atoms with E-state index in [0.29, 0.717) is 5.56 Å². The first-order chi connectivity index (χ1) is 11.1. The van der Waals surface area contributed by atoms with Gasteiger partial charge < -0.3 is 15.2 Å². The maximum Gasteiger partial charge on any atom is 0.407 e. The van der Waals surface area contributed by atoms with Crippen LogP contribution < -0.4 is 5.32 Å². The number of hydrogen-bond acceptors (Lipinski definition) is 5. The first-order valence-electron chi connectivity index (χ1n) is 7.20. The maximum absolute atomic E-state index is 11.5. The summed E-state index contributed by atoms with van der Waals surface area (Å²) in [5.74, 6) is -1.24. The number of ether oxygens (including phenoxy) is 1. The third kappa shape index (κ3) is 6.47. The van der Waals surface area contributed by atoms with Crippen LogP contribution in [0.2, 0.25) is 0 Å². The molecule has 2 N–H and O–H groups in total. The Morgan fingerprint density at radius 3 is 2.58 bits per heavy atom. The Labute approximate surface area is 139 Å². The lowest BCUT2D eigenvalue weighted by atomic mass is 10.0. The number of nitrogens with zero attached hydrogens (tertiary/aromatic N) is 1. The molecule has 0 fully saturated rings. The largest absolute Gasteiger partial charge is 0.478 e. The second-order valence-corrected chi connectivity index (χ2v) is 5.96. The Morgan fingerprint density at radius 2 is 2.04 bits per heavy atom. The van der Waals surface area contributed by atoms with Gasteiger partial charge in [0, 0.05) is 17.0 Å². The molecule has 0 aliphatic rings. The van der Waals surface area contributed by atoms with Crippen LogP contribution in [0.25, 0.3) is 6.08 Å². The number of aromatic carboxylic acids is 1. The normalized spacial score (nSPS) is 11.3. The van der Waals surface area contributed by atoms with Crippen LogP contribution in [0.15, 0.2) is 24.3 Å². The van der Waals surface area contributed by atoms with Gasteiger partial charge in [0.1, 0.15) is 5.60 Å². The van der Waals surface area contributed by atoms with Crippen molar-refractivity contribution in [2.24, 2.45) is 0 Å². The number of carbonyl (C=O) groups excluding carboxylic acids is 1. The molecule has 1 aromatic rings. The molecule has 0 spiro atoms. The predicted octanol–water partition coefficient (Wildman–Crippen LogP) is 2.70. The molecular weight excluding hydrogens is 316 g/mol. The van der Waals surface area contributed by atoms with Gasteiger partial charge in [-0.1, -0.05) is 30.4 Å². The van der Waals surface area contributed by atoms with Crippen molar-refractivity contribution in [2.75, 3.05) is 6.54 Å². The predicted molar refractivity (Wildman–Crippen MR) is 87.4 cm³/mol. The molecule has 0 saturated carbocycles. The highest BCUT2D eigenvalue weighted by molar-refractivity contribution is 5.93. The van der Waals surface area contributed by atoms with Crippen molar-refractivity contribution < 1.29 is 24.4 Å². The smallest absolute Gasteiger partial charge is 0.407 e. The average molecular weight is 336 g/mol. The van der Waals surface area contributed by atoms with Crippen LogP contribution in [-0.2, 0) is 11.3 Å². The van der Waals surface area contributed by atoms with Gasteiger partial charge in [-0.15, -0.1) is 0 Å². The molecule has 0 heterocycles. The van der Waals surface area contributed by atoms with E-state index in [2.05, 4.69) is 5.32 Å². The molecule has 0 saturated heterocycles. The fraction of sp³-hybridized carbons (Fsp3) is 0.375. The first-order valence-corrected chi connectivity index (χ1v) is 7.20. The summed E-state index contributed by atoms with van der Waals surface area (Å²) >= 11 is 0. The molecule has 1 rings (SSSR count). The molecule has 0 unspecified atom stereocenters. The van der Waals surface area contributed by atoms with Crippen LogP contribution in [-0.4, -0.2) is 34.2 Å². The van der Waals surface area contributed by atoms with E-state index in [9.17, 15) is 24.8 Å². The highest BCUT2D eigenvalue weighted by Crippen LogP contribution is 2.17. The lowest BCUT2D eigenvalue weighted by Crippen LogP contribution is -2.32. The topological polar surface area (TPSA) is 119 Å². The van der Waals surface area contributed by atoms with Crippen LogP contribution in [0, 0.1) is 10.1 Å². The molecule has 24 heavy (non-hydrogen) atoms. The van der Waals surface area contributed by atoms with Crippen LogP contribution in [0.3, 0.4) is 0 Å². The summed E-state index contributed by atoms with van der Waals surface area (Å²) in [5.41, 5.74) is -0.286. The van der Waals surface area contributed by atoms with E-state index in [1.54, 1.807) is 32.9 Å². The van der Waals surface area contributed by atoms with E-state index in [4.69, 9.17) is 4.74 Å². The minimum Gasteiger partial charge on any atom is -0.478 e. The van der Waals surface area contributed by atoms with Gasteiger partial charge >= 0.3 is 12.1 Å². The minimum atomic E-state index is -1.24. The maximum atomic E-state index is 11.5. The molecule has 130 valence electrons. The van der Waals surface area contributed by atoms with Gasteiger partial charge in [-0.3, -0.25) is 10.1 Å². The number of rotatable bonds is 6. The minimum absolute atomic E-state index is 0.120. The SMILES string of the molecule is CC(C)(C)OC(=O)NC/C=C\c1cccc(C[N+](=O)[O-])c1C(=O)O. The Bertz CT molecular complexity index is 661. The van der Waals surface area contributed by atoms with Gasteiger partial charge in [-0.2, -0.15) is 0 Å². The lowest BCUT2D eigenvalue weighted by Gasteiger charge is -2.19. The summed E-state index contributed by atoms with van der Waals surface area (Å²) in [6.45, 7) is 4.78. The van der Waals surface area contributed by atoms with Crippen LogP contribution in [0.1, 0.15) is 42.3 Å². The Hall–Kier alpha value is -2.90. The van der Waals surface area contributed by atoms with Crippen molar-refractivity contribution >= 4 is 18.1 Å². The molecular formula is C16H20N2O6. The third-order valence-corrected chi connectivity index (χ3v) is 2.76. The number of alkyl carbamates (subject to hydrolysis) is 1. The zero-order chi connectivity index (χ0) is 18.3. The quantitative estimate of drug-likeness (QED) is 0.609. The number of nitrogens with one attached hydrogen (secondary N) is 1. The average Bonchev–Trinajstić information content (AvgIpc) is 2.40. The van der Waals surface area contributed by atoms with Crippen LogP contribution in [0.4, 0.5) is 4.79 Å². The highest BCUT2D eigenvalue weighted by atomic mass is 16.6. The van der Waals surface area contributed by atoms with E-state index in [0.717, 1.165) is 0 Å². The molecule has 0 atom stereocenters. The third-order valence-electron chi connectivity index (χ3n) is 2.76. The highest BCUT2D eigenvalue weighted by Gasteiger charge is 2.17. The van der Waals surface area contributed by atoms with Gasteiger partial charge in [-0.25, -0.2) is 9.59 Å². The Balaban J connectivity index is 2.82. The summed E-state index contributed by atoms with van der Waals surface area (Å²) in [6.07, 6.45) is 2.44. The summed E-state index contributed by atoms with van der Waals surface area (Å²) < 4.78 is 5.06. The van der Waals surface area contributed by atoms with Crippen molar-refractivity contribution in [3.05, 3.63) is 51.1 Å². The van der Waals surface area contributed by atoms with Crippen molar-refractivity contribution in [2.45, 2.75) is 32.9 Å². The number of hydrogen-bond donors (Lipinski definition) is 2. The van der Waals surface area contributed by atoms with Crippen molar-refractivity contribution in [1.82, 2.24) is 5.32 Å². The standard InChI is InChI=1S/C16H20N2O6/c1-16(2,3)24-15(21)17-9-5-8-11-6-4-7-12(10-18(22)23)13(11)14(19)20/h4-8H,9-10H2,1-3H3,(H,17,21)(H,19,20)/b8-5-. The Morgan fingerprint density at radius 1 is 1.38 bits per heavy atom.